The summed E-state index contributed by atoms with van der Waals surface area (Å²) in [5.74, 6) is 1.76. The van der Waals surface area contributed by atoms with Gasteiger partial charge >= 0.3 is 0 Å². The van der Waals surface area contributed by atoms with E-state index in [-0.39, 0.29) is 11.5 Å². The number of rotatable bonds is 4. The number of hydrogen-bond acceptors (Lipinski definition) is 3. The quantitative estimate of drug-likeness (QED) is 0.606. The van der Waals surface area contributed by atoms with Gasteiger partial charge in [-0.15, -0.1) is 0 Å². The molecule has 176 valence electrons. The van der Waals surface area contributed by atoms with Gasteiger partial charge in [-0.3, -0.25) is 9.78 Å². The molecule has 1 aromatic carbocycles. The van der Waals surface area contributed by atoms with E-state index in [0.29, 0.717) is 30.0 Å². The van der Waals surface area contributed by atoms with E-state index >= 15 is 0 Å². The number of aliphatic hydroxyl groups excluding tert-OH is 1. The van der Waals surface area contributed by atoms with Crippen molar-refractivity contribution in [1.29, 1.82) is 0 Å². The molecule has 2 aromatic rings. The third-order valence-electron chi connectivity index (χ3n) is 9.52. The molecule has 0 aliphatic heterocycles. The lowest BCUT2D eigenvalue weighted by Crippen LogP contribution is -2.45. The van der Waals surface area contributed by atoms with Gasteiger partial charge in [-0.25, -0.2) is 0 Å². The van der Waals surface area contributed by atoms with Crippen molar-refractivity contribution < 1.29 is 9.90 Å². The molecule has 1 heterocycles. The lowest BCUT2D eigenvalue weighted by Gasteiger charge is -2.52. The summed E-state index contributed by atoms with van der Waals surface area (Å²) in [5, 5.41) is 11.1. The number of benzene rings is 1. The lowest BCUT2D eigenvalue weighted by molar-refractivity contribution is -0.114. The Kier molecular flexibility index (Phi) is 5.56. The summed E-state index contributed by atoms with van der Waals surface area (Å²) in [6.45, 7) is 2.35. The Bertz CT molecular complexity index is 1150. The van der Waals surface area contributed by atoms with Gasteiger partial charge in [0.25, 0.3) is 0 Å². The minimum absolute atomic E-state index is 0.00882. The number of pyridine rings is 1. The normalized spacial score (nSPS) is 32.6. The van der Waals surface area contributed by atoms with Gasteiger partial charge in [-0.1, -0.05) is 36.8 Å². The van der Waals surface area contributed by atoms with Crippen LogP contribution in [0.2, 0.25) is 0 Å². The van der Waals surface area contributed by atoms with Gasteiger partial charge < -0.3 is 5.11 Å². The number of aliphatic hydroxyl groups is 1. The van der Waals surface area contributed by atoms with E-state index < -0.39 is 0 Å². The third kappa shape index (κ3) is 3.69. The van der Waals surface area contributed by atoms with Gasteiger partial charge in [0.15, 0.2) is 5.78 Å². The number of fused-ring (bicyclic) bond motifs is 4. The van der Waals surface area contributed by atoms with E-state index in [1.807, 2.05) is 18.5 Å². The Labute approximate surface area is 203 Å². The SMILES string of the molecule is CC12CC(c3ccc(CCc4ccncc4)cc3)C3=C4CCC(=O)C=C4CCC3C1CCC2O. The van der Waals surface area contributed by atoms with Crippen LogP contribution in [0.1, 0.15) is 74.5 Å². The average Bonchev–Trinajstić information content (AvgIpc) is 3.17. The van der Waals surface area contributed by atoms with Crippen LogP contribution in [0.25, 0.3) is 0 Å². The number of aryl methyl sites for hydroxylation is 2. The van der Waals surface area contributed by atoms with E-state index in [0.717, 1.165) is 51.4 Å². The topological polar surface area (TPSA) is 50.2 Å². The molecular weight excluding hydrogens is 418 g/mol. The van der Waals surface area contributed by atoms with Crippen LogP contribution in [0.4, 0.5) is 0 Å². The highest BCUT2D eigenvalue weighted by atomic mass is 16.3. The summed E-state index contributed by atoms with van der Waals surface area (Å²) in [6.07, 6.45) is 14.3. The van der Waals surface area contributed by atoms with E-state index in [9.17, 15) is 9.90 Å². The van der Waals surface area contributed by atoms with Gasteiger partial charge in [0.2, 0.25) is 0 Å². The number of nitrogens with zero attached hydrogens (tertiary/aromatic N) is 1. The van der Waals surface area contributed by atoms with Crippen LogP contribution in [0.3, 0.4) is 0 Å². The molecule has 4 aliphatic carbocycles. The molecular formula is C31H35NO2. The molecule has 6 rings (SSSR count). The number of hydrogen-bond donors (Lipinski definition) is 1. The number of carbonyl (C=O) groups is 1. The number of ketones is 1. The molecule has 2 saturated carbocycles. The zero-order valence-electron chi connectivity index (χ0n) is 20.2. The fourth-order valence-corrected chi connectivity index (χ4v) is 7.69. The maximum Gasteiger partial charge on any atom is 0.156 e. The predicted octanol–water partition coefficient (Wildman–Crippen LogP) is 6.13. The van der Waals surface area contributed by atoms with Crippen LogP contribution in [-0.2, 0) is 17.6 Å². The van der Waals surface area contributed by atoms with Crippen molar-refractivity contribution in [2.75, 3.05) is 0 Å². The van der Waals surface area contributed by atoms with Crippen LogP contribution in [0.5, 0.6) is 0 Å². The predicted molar refractivity (Wildman–Crippen MR) is 134 cm³/mol. The standard InChI is InChI=1S/C31H35NO2/c1-31-19-27(22-6-4-20(5-7-22)2-3-21-14-16-32-17-15-21)30-25-11-9-24(33)18-23(25)8-10-26(30)28(31)12-13-29(31)34/h4-7,14-18,26-29,34H,2-3,8-13,19H2,1H3. The highest BCUT2D eigenvalue weighted by molar-refractivity contribution is 5.93. The summed E-state index contributed by atoms with van der Waals surface area (Å²) >= 11 is 0. The molecule has 1 aromatic heterocycles. The van der Waals surface area contributed by atoms with Crippen molar-refractivity contribution in [2.45, 2.75) is 76.7 Å². The van der Waals surface area contributed by atoms with Crippen molar-refractivity contribution in [3.8, 4) is 0 Å². The summed E-state index contributed by atoms with van der Waals surface area (Å²) in [5.41, 5.74) is 8.48. The number of allylic oxidation sites excluding steroid dienone is 4. The number of aromatic nitrogens is 1. The van der Waals surface area contributed by atoms with Crippen molar-refractivity contribution in [1.82, 2.24) is 4.98 Å². The monoisotopic (exact) mass is 453 g/mol. The summed E-state index contributed by atoms with van der Waals surface area (Å²) < 4.78 is 0. The Balaban J connectivity index is 1.34. The third-order valence-corrected chi connectivity index (χ3v) is 9.52. The largest absolute Gasteiger partial charge is 0.393 e. The summed E-state index contributed by atoms with van der Waals surface area (Å²) in [7, 11) is 0. The van der Waals surface area contributed by atoms with Crippen LogP contribution in [0.15, 0.2) is 71.6 Å². The molecule has 4 aliphatic rings. The van der Waals surface area contributed by atoms with Crippen LogP contribution >= 0.6 is 0 Å². The van der Waals surface area contributed by atoms with E-state index in [2.05, 4.69) is 48.3 Å². The molecule has 2 fully saturated rings. The molecule has 5 unspecified atom stereocenters. The van der Waals surface area contributed by atoms with Crippen molar-refractivity contribution in [2.24, 2.45) is 17.3 Å². The molecule has 1 N–H and O–H groups in total. The molecule has 0 spiro atoms. The number of carbonyl (C=O) groups excluding carboxylic acids is 1. The maximum atomic E-state index is 12.2. The van der Waals surface area contributed by atoms with E-state index in [1.165, 1.54) is 27.8 Å². The molecule has 0 radical (unpaired) electrons. The van der Waals surface area contributed by atoms with Crippen LogP contribution in [-0.4, -0.2) is 22.0 Å². The first-order valence-electron chi connectivity index (χ1n) is 13.2. The first kappa shape index (κ1) is 22.0. The molecule has 5 atom stereocenters. The van der Waals surface area contributed by atoms with Gasteiger partial charge in [-0.05, 0) is 115 Å². The Morgan fingerprint density at radius 2 is 1.68 bits per heavy atom. The Hall–Kier alpha value is -2.52. The molecule has 0 amide bonds. The zero-order valence-corrected chi connectivity index (χ0v) is 20.2. The highest BCUT2D eigenvalue weighted by Gasteiger charge is 2.56. The molecule has 34 heavy (non-hydrogen) atoms. The van der Waals surface area contributed by atoms with Crippen molar-refractivity contribution in [3.63, 3.8) is 0 Å². The van der Waals surface area contributed by atoms with Gasteiger partial charge in [0.05, 0.1) is 6.10 Å². The molecule has 0 bridgehead atoms. The van der Waals surface area contributed by atoms with Gasteiger partial charge in [0, 0.05) is 24.7 Å². The molecule has 3 nitrogen and oxygen atoms in total. The second kappa shape index (κ2) is 8.61. The first-order chi connectivity index (χ1) is 16.5. The Morgan fingerprint density at radius 3 is 2.44 bits per heavy atom. The second-order valence-electron chi connectivity index (χ2n) is 11.3. The van der Waals surface area contributed by atoms with Gasteiger partial charge in [0.1, 0.15) is 0 Å². The zero-order chi connectivity index (χ0) is 23.3. The average molecular weight is 454 g/mol. The first-order valence-corrected chi connectivity index (χ1v) is 13.2. The highest BCUT2D eigenvalue weighted by Crippen LogP contribution is 2.63. The second-order valence-corrected chi connectivity index (χ2v) is 11.3. The van der Waals surface area contributed by atoms with Crippen LogP contribution < -0.4 is 0 Å². The summed E-state index contributed by atoms with van der Waals surface area (Å²) in [6, 6.07) is 13.5. The fourth-order valence-electron chi connectivity index (χ4n) is 7.69. The van der Waals surface area contributed by atoms with Crippen LogP contribution in [0, 0.1) is 17.3 Å². The van der Waals surface area contributed by atoms with Crippen molar-refractivity contribution in [3.05, 3.63) is 88.3 Å². The molecule has 0 saturated heterocycles. The smallest absolute Gasteiger partial charge is 0.156 e. The van der Waals surface area contributed by atoms with Crippen molar-refractivity contribution >= 4 is 5.78 Å². The minimum atomic E-state index is -0.198. The van der Waals surface area contributed by atoms with Gasteiger partial charge in [-0.2, -0.15) is 0 Å². The van der Waals surface area contributed by atoms with E-state index in [4.69, 9.17) is 0 Å². The lowest BCUT2D eigenvalue weighted by atomic mass is 9.53. The minimum Gasteiger partial charge on any atom is -0.393 e. The Morgan fingerprint density at radius 1 is 0.941 bits per heavy atom. The summed E-state index contributed by atoms with van der Waals surface area (Å²) in [4.78, 5) is 16.3. The maximum absolute atomic E-state index is 12.2. The molecule has 3 heteroatoms. The van der Waals surface area contributed by atoms with E-state index in [1.54, 1.807) is 5.57 Å². The fraction of sp³-hybridized carbons (Fsp3) is 0.484.